The van der Waals surface area contributed by atoms with Crippen molar-refractivity contribution in [1.82, 2.24) is 4.90 Å². The summed E-state index contributed by atoms with van der Waals surface area (Å²) in [7, 11) is 0. The molecule has 0 spiro atoms. The lowest BCUT2D eigenvalue weighted by atomic mass is 10.0. The Balaban J connectivity index is 1.77. The second-order valence-corrected chi connectivity index (χ2v) is 6.68. The third-order valence-corrected chi connectivity index (χ3v) is 4.80. The number of benzene rings is 1. The van der Waals surface area contributed by atoms with E-state index in [-0.39, 0.29) is 5.82 Å². The smallest absolute Gasteiger partial charge is 0.138 e. The molecule has 2 rings (SSSR count). The highest BCUT2D eigenvalue weighted by Gasteiger charge is 2.17. The highest BCUT2D eigenvalue weighted by atomic mass is 127. The fraction of sp³-hybridized carbons (Fsp3) is 0.600. The molecule has 0 radical (unpaired) electrons. The minimum absolute atomic E-state index is 0.216. The number of nitrogen functional groups attached to an aromatic ring is 1. The predicted molar refractivity (Wildman–Crippen MR) is 91.5 cm³/mol. The van der Waals surface area contributed by atoms with Gasteiger partial charge in [0, 0.05) is 25.2 Å². The van der Waals surface area contributed by atoms with Gasteiger partial charge in [-0.2, -0.15) is 0 Å². The van der Waals surface area contributed by atoms with Gasteiger partial charge in [0.05, 0.1) is 14.9 Å². The van der Waals surface area contributed by atoms with Crippen LogP contribution in [0.5, 0.6) is 0 Å². The van der Waals surface area contributed by atoms with Crippen LogP contribution < -0.4 is 11.1 Å². The summed E-state index contributed by atoms with van der Waals surface area (Å²) in [6, 6.07) is 3.86. The quantitative estimate of drug-likeness (QED) is 0.457. The number of hydrogen-bond acceptors (Lipinski definition) is 3. The normalized spacial score (nSPS) is 20.1. The molecule has 3 nitrogen and oxygen atoms in total. The largest absolute Gasteiger partial charge is 0.397 e. The second kappa shape index (κ2) is 7.45. The molecule has 1 fully saturated rings. The monoisotopic (exact) mass is 391 g/mol. The zero-order valence-electron chi connectivity index (χ0n) is 12.0. The van der Waals surface area contributed by atoms with Crippen molar-refractivity contribution in [2.24, 2.45) is 0 Å². The second-order valence-electron chi connectivity index (χ2n) is 5.51. The summed E-state index contributed by atoms with van der Waals surface area (Å²) in [5.74, 6) is -0.216. The first-order valence-corrected chi connectivity index (χ1v) is 8.38. The van der Waals surface area contributed by atoms with Gasteiger partial charge >= 0.3 is 0 Å². The maximum absolute atomic E-state index is 13.5. The number of nitrogens with one attached hydrogen (secondary N) is 1. The van der Waals surface area contributed by atoms with Crippen molar-refractivity contribution < 1.29 is 4.39 Å². The van der Waals surface area contributed by atoms with Crippen molar-refractivity contribution >= 4 is 34.0 Å². The van der Waals surface area contributed by atoms with Crippen LogP contribution in [0.4, 0.5) is 15.8 Å². The average molecular weight is 391 g/mol. The zero-order valence-corrected chi connectivity index (χ0v) is 14.1. The van der Waals surface area contributed by atoms with Crippen molar-refractivity contribution in [2.45, 2.75) is 38.6 Å². The molecule has 0 saturated carbocycles. The van der Waals surface area contributed by atoms with Crippen molar-refractivity contribution in [2.75, 3.05) is 30.7 Å². The molecule has 0 aliphatic carbocycles. The van der Waals surface area contributed by atoms with E-state index in [2.05, 4.69) is 17.1 Å². The molecule has 1 aliphatic heterocycles. The Morgan fingerprint density at radius 1 is 1.45 bits per heavy atom. The first-order valence-electron chi connectivity index (χ1n) is 7.30. The first-order chi connectivity index (χ1) is 9.58. The van der Waals surface area contributed by atoms with Gasteiger partial charge in [0.2, 0.25) is 0 Å². The Kier molecular flexibility index (Phi) is 5.89. The van der Waals surface area contributed by atoms with E-state index in [9.17, 15) is 4.39 Å². The lowest BCUT2D eigenvalue weighted by Crippen LogP contribution is -2.38. The molecule has 112 valence electrons. The first kappa shape index (κ1) is 15.8. The van der Waals surface area contributed by atoms with Crippen LogP contribution in [0.1, 0.15) is 32.6 Å². The standard InChI is InChI=1S/C15H23FIN3/c1-11-5-2-3-7-20(11)8-4-6-19-15-9-12(16)13(17)10-14(15)18/h9-11,19H,2-8,18H2,1H3. The van der Waals surface area contributed by atoms with E-state index < -0.39 is 0 Å². The molecule has 20 heavy (non-hydrogen) atoms. The minimum atomic E-state index is -0.216. The van der Waals surface area contributed by atoms with Gasteiger partial charge in [0.1, 0.15) is 5.82 Å². The number of hydrogen-bond donors (Lipinski definition) is 2. The van der Waals surface area contributed by atoms with E-state index in [4.69, 9.17) is 5.73 Å². The molecule has 1 saturated heterocycles. The van der Waals surface area contributed by atoms with Gasteiger partial charge in [0.25, 0.3) is 0 Å². The topological polar surface area (TPSA) is 41.3 Å². The van der Waals surface area contributed by atoms with Crippen molar-refractivity contribution in [1.29, 1.82) is 0 Å². The van der Waals surface area contributed by atoms with E-state index in [0.717, 1.165) is 19.5 Å². The number of rotatable bonds is 5. The van der Waals surface area contributed by atoms with Crippen LogP contribution in [-0.4, -0.2) is 30.6 Å². The van der Waals surface area contributed by atoms with Crippen LogP contribution >= 0.6 is 22.6 Å². The Bertz CT molecular complexity index is 453. The summed E-state index contributed by atoms with van der Waals surface area (Å²) in [6.07, 6.45) is 5.03. The molecule has 1 aromatic rings. The van der Waals surface area contributed by atoms with Crippen LogP contribution in [0.3, 0.4) is 0 Å². The maximum atomic E-state index is 13.5. The van der Waals surface area contributed by atoms with Crippen LogP contribution in [0.25, 0.3) is 0 Å². The molecule has 0 bridgehead atoms. The molecule has 0 amide bonds. The van der Waals surface area contributed by atoms with E-state index in [0.29, 0.717) is 21.0 Å². The SMILES string of the molecule is CC1CCCCN1CCCNc1cc(F)c(I)cc1N. The van der Waals surface area contributed by atoms with Crippen molar-refractivity contribution in [3.05, 3.63) is 21.5 Å². The van der Waals surface area contributed by atoms with Crippen LogP contribution in [0.15, 0.2) is 12.1 Å². The van der Waals surface area contributed by atoms with Gasteiger partial charge in [0.15, 0.2) is 0 Å². The third-order valence-electron chi connectivity index (χ3n) is 3.97. The molecular weight excluding hydrogens is 368 g/mol. The summed E-state index contributed by atoms with van der Waals surface area (Å²) in [4.78, 5) is 2.54. The van der Waals surface area contributed by atoms with Crippen molar-refractivity contribution in [3.63, 3.8) is 0 Å². The zero-order chi connectivity index (χ0) is 14.5. The molecule has 0 aromatic heterocycles. The molecule has 5 heteroatoms. The van der Waals surface area contributed by atoms with Gasteiger partial charge in [-0.3, -0.25) is 0 Å². The summed E-state index contributed by atoms with van der Waals surface area (Å²) >= 11 is 1.95. The lowest BCUT2D eigenvalue weighted by molar-refractivity contribution is 0.160. The molecule has 1 aromatic carbocycles. The van der Waals surface area contributed by atoms with E-state index >= 15 is 0 Å². The molecule has 1 aliphatic rings. The van der Waals surface area contributed by atoms with Crippen LogP contribution in [0.2, 0.25) is 0 Å². The number of nitrogens with two attached hydrogens (primary N) is 1. The van der Waals surface area contributed by atoms with Gasteiger partial charge < -0.3 is 16.0 Å². The predicted octanol–water partition coefficient (Wildman–Crippen LogP) is 3.69. The molecule has 1 atom stereocenters. The lowest BCUT2D eigenvalue weighted by Gasteiger charge is -2.33. The number of anilines is 2. The highest BCUT2D eigenvalue weighted by Crippen LogP contribution is 2.24. The fourth-order valence-corrected chi connectivity index (χ4v) is 3.20. The summed E-state index contributed by atoms with van der Waals surface area (Å²) in [5, 5.41) is 3.24. The Morgan fingerprint density at radius 3 is 3.00 bits per heavy atom. The number of nitrogens with zero attached hydrogens (tertiary/aromatic N) is 1. The summed E-state index contributed by atoms with van der Waals surface area (Å²) in [5.41, 5.74) is 7.21. The average Bonchev–Trinajstić information content (AvgIpc) is 2.42. The van der Waals surface area contributed by atoms with Gasteiger partial charge in [-0.25, -0.2) is 4.39 Å². The number of halogens is 2. The van der Waals surface area contributed by atoms with Crippen molar-refractivity contribution in [3.8, 4) is 0 Å². The number of piperidine rings is 1. The highest BCUT2D eigenvalue weighted by molar-refractivity contribution is 14.1. The van der Waals surface area contributed by atoms with E-state index in [1.54, 1.807) is 6.07 Å². The molecule has 1 heterocycles. The summed E-state index contributed by atoms with van der Waals surface area (Å²) in [6.45, 7) is 5.44. The van der Waals surface area contributed by atoms with Crippen LogP contribution in [0, 0.1) is 9.39 Å². The van der Waals surface area contributed by atoms with Gasteiger partial charge in [-0.15, -0.1) is 0 Å². The maximum Gasteiger partial charge on any atom is 0.138 e. The Hall–Kier alpha value is -0.560. The summed E-state index contributed by atoms with van der Waals surface area (Å²) < 4.78 is 14.1. The van der Waals surface area contributed by atoms with E-state index in [1.165, 1.54) is 31.9 Å². The molecular formula is C15H23FIN3. The Labute approximate surface area is 134 Å². The molecule has 1 unspecified atom stereocenters. The van der Waals surface area contributed by atoms with Gasteiger partial charge in [-0.05, 0) is 61.4 Å². The van der Waals surface area contributed by atoms with Gasteiger partial charge in [-0.1, -0.05) is 6.42 Å². The fourth-order valence-electron chi connectivity index (χ4n) is 2.71. The Morgan fingerprint density at radius 2 is 2.25 bits per heavy atom. The third kappa shape index (κ3) is 4.22. The van der Waals surface area contributed by atoms with Crippen LogP contribution in [-0.2, 0) is 0 Å². The number of likely N-dealkylation sites (tertiary alicyclic amines) is 1. The minimum Gasteiger partial charge on any atom is -0.397 e. The molecule has 3 N–H and O–H groups in total. The van der Waals surface area contributed by atoms with E-state index in [1.807, 2.05) is 22.6 Å².